The molecule has 1 heteroatoms. The molecular weight excluding hydrogens is 247 g/mol. The van der Waals surface area contributed by atoms with Gasteiger partial charge in [0.2, 0.25) is 0 Å². The quantitative estimate of drug-likeness (QED) is 0.561. The minimum Gasteiger partial charge on any atom is -0.0812 e. The van der Waals surface area contributed by atoms with E-state index in [1.165, 1.54) is 11.1 Å². The highest BCUT2D eigenvalue weighted by molar-refractivity contribution is 14.1. The van der Waals surface area contributed by atoms with Crippen molar-refractivity contribution in [3.8, 4) is 0 Å². The highest BCUT2D eigenvalue weighted by atomic mass is 127. The van der Waals surface area contributed by atoms with Gasteiger partial charge in [0.25, 0.3) is 0 Å². The fourth-order valence-corrected chi connectivity index (χ4v) is 1.51. The lowest BCUT2D eigenvalue weighted by molar-refractivity contribution is 0.865. The maximum absolute atomic E-state index is 2.39. The lowest BCUT2D eigenvalue weighted by Gasteiger charge is -2.05. The van der Waals surface area contributed by atoms with Gasteiger partial charge in [0, 0.05) is 4.43 Å². The van der Waals surface area contributed by atoms with Crippen LogP contribution in [0.15, 0.2) is 24.3 Å². The zero-order valence-electron chi connectivity index (χ0n) is 6.97. The molecule has 1 aromatic carbocycles. The Balaban J connectivity index is 2.91. The van der Waals surface area contributed by atoms with Gasteiger partial charge in [-0.25, -0.2) is 0 Å². The van der Waals surface area contributed by atoms with E-state index in [9.17, 15) is 0 Å². The van der Waals surface area contributed by atoms with Crippen molar-refractivity contribution in [2.45, 2.75) is 24.2 Å². The fraction of sp³-hybridized carbons (Fsp3) is 0.400. The van der Waals surface area contributed by atoms with Gasteiger partial charge < -0.3 is 0 Å². The lowest BCUT2D eigenvalue weighted by Crippen LogP contribution is -1.87. The van der Waals surface area contributed by atoms with Crippen LogP contribution in [0, 0.1) is 0 Å². The van der Waals surface area contributed by atoms with Crippen LogP contribution >= 0.6 is 22.6 Å². The van der Waals surface area contributed by atoms with E-state index in [0.29, 0.717) is 5.92 Å². The molecule has 0 atom stereocenters. The SMILES string of the molecule is CC(C)c1cccc(CI)c1. The molecule has 60 valence electrons. The Labute approximate surface area is 82.2 Å². The van der Waals surface area contributed by atoms with Crippen molar-refractivity contribution in [2.24, 2.45) is 0 Å². The van der Waals surface area contributed by atoms with Gasteiger partial charge in [-0.1, -0.05) is 60.7 Å². The summed E-state index contributed by atoms with van der Waals surface area (Å²) in [6.07, 6.45) is 0. The molecule has 0 radical (unpaired) electrons. The van der Waals surface area contributed by atoms with Crippen LogP contribution in [-0.2, 0) is 4.43 Å². The first-order chi connectivity index (χ1) is 5.24. The first-order valence-corrected chi connectivity index (χ1v) is 5.41. The van der Waals surface area contributed by atoms with Crippen molar-refractivity contribution in [2.75, 3.05) is 0 Å². The molecule has 0 saturated carbocycles. The molecule has 0 nitrogen and oxygen atoms in total. The highest BCUT2D eigenvalue weighted by Crippen LogP contribution is 2.16. The Morgan fingerprint density at radius 2 is 2.09 bits per heavy atom. The van der Waals surface area contributed by atoms with E-state index in [2.05, 4.69) is 60.7 Å². The highest BCUT2D eigenvalue weighted by Gasteiger charge is 1.98. The van der Waals surface area contributed by atoms with Gasteiger partial charge in [-0.3, -0.25) is 0 Å². The molecule has 0 aliphatic heterocycles. The largest absolute Gasteiger partial charge is 0.0812 e. The minimum atomic E-state index is 0.651. The fourth-order valence-electron chi connectivity index (χ4n) is 1.04. The van der Waals surface area contributed by atoms with E-state index < -0.39 is 0 Å². The Morgan fingerprint density at radius 3 is 2.64 bits per heavy atom. The molecule has 0 saturated heterocycles. The molecule has 0 N–H and O–H groups in total. The Bertz CT molecular complexity index is 228. The second kappa shape index (κ2) is 4.10. The zero-order chi connectivity index (χ0) is 8.27. The molecular formula is C10H13I. The Morgan fingerprint density at radius 1 is 1.36 bits per heavy atom. The number of hydrogen-bond acceptors (Lipinski definition) is 0. The summed E-state index contributed by atoms with van der Waals surface area (Å²) in [5.41, 5.74) is 2.87. The summed E-state index contributed by atoms with van der Waals surface area (Å²) in [4.78, 5) is 0. The average Bonchev–Trinajstić information content (AvgIpc) is 2.05. The molecule has 0 heterocycles. The van der Waals surface area contributed by atoms with E-state index in [-0.39, 0.29) is 0 Å². The first kappa shape index (κ1) is 9.04. The van der Waals surface area contributed by atoms with Crippen LogP contribution in [0.4, 0.5) is 0 Å². The summed E-state index contributed by atoms with van der Waals surface area (Å²) in [6, 6.07) is 8.80. The van der Waals surface area contributed by atoms with E-state index >= 15 is 0 Å². The van der Waals surface area contributed by atoms with Gasteiger partial charge in [0.1, 0.15) is 0 Å². The number of alkyl halides is 1. The summed E-state index contributed by atoms with van der Waals surface area (Å²) in [5.74, 6) is 0.651. The molecule has 0 bridgehead atoms. The van der Waals surface area contributed by atoms with Crippen LogP contribution in [0.1, 0.15) is 30.9 Å². The van der Waals surface area contributed by atoms with E-state index in [1.54, 1.807) is 0 Å². The Kier molecular flexibility index (Phi) is 3.37. The summed E-state index contributed by atoms with van der Waals surface area (Å²) in [6.45, 7) is 4.46. The number of benzene rings is 1. The molecule has 0 fully saturated rings. The third-order valence-corrected chi connectivity index (χ3v) is 2.65. The normalized spacial score (nSPS) is 10.5. The van der Waals surface area contributed by atoms with Gasteiger partial charge in [0.15, 0.2) is 0 Å². The maximum Gasteiger partial charge on any atom is 0.0247 e. The van der Waals surface area contributed by atoms with Crippen LogP contribution in [-0.4, -0.2) is 0 Å². The van der Waals surface area contributed by atoms with Crippen LogP contribution < -0.4 is 0 Å². The summed E-state index contributed by atoms with van der Waals surface area (Å²) in [5, 5.41) is 0. The molecule has 0 spiro atoms. The molecule has 1 aromatic rings. The van der Waals surface area contributed by atoms with Crippen molar-refractivity contribution in [3.05, 3.63) is 35.4 Å². The third kappa shape index (κ3) is 2.47. The van der Waals surface area contributed by atoms with Gasteiger partial charge in [-0.2, -0.15) is 0 Å². The monoisotopic (exact) mass is 260 g/mol. The number of hydrogen-bond donors (Lipinski definition) is 0. The summed E-state index contributed by atoms with van der Waals surface area (Å²) in [7, 11) is 0. The number of halogens is 1. The van der Waals surface area contributed by atoms with Crippen molar-refractivity contribution in [1.29, 1.82) is 0 Å². The molecule has 1 rings (SSSR count). The maximum atomic E-state index is 2.39. The van der Waals surface area contributed by atoms with Crippen molar-refractivity contribution >= 4 is 22.6 Å². The molecule has 0 aliphatic carbocycles. The Hall–Kier alpha value is -0.0500. The van der Waals surface area contributed by atoms with Crippen LogP contribution in [0.3, 0.4) is 0 Å². The predicted octanol–water partition coefficient (Wildman–Crippen LogP) is 3.75. The molecule has 0 aromatic heterocycles. The second-order valence-electron chi connectivity index (χ2n) is 3.03. The van der Waals surface area contributed by atoms with Crippen molar-refractivity contribution in [1.82, 2.24) is 0 Å². The van der Waals surface area contributed by atoms with Gasteiger partial charge in [-0.15, -0.1) is 0 Å². The molecule has 0 unspecified atom stereocenters. The predicted molar refractivity (Wildman–Crippen MR) is 58.3 cm³/mol. The van der Waals surface area contributed by atoms with Crippen molar-refractivity contribution in [3.63, 3.8) is 0 Å². The molecule has 0 amide bonds. The van der Waals surface area contributed by atoms with E-state index in [0.717, 1.165) is 4.43 Å². The third-order valence-electron chi connectivity index (χ3n) is 1.77. The summed E-state index contributed by atoms with van der Waals surface area (Å²) < 4.78 is 1.11. The van der Waals surface area contributed by atoms with Crippen molar-refractivity contribution < 1.29 is 0 Å². The summed E-state index contributed by atoms with van der Waals surface area (Å²) >= 11 is 2.39. The lowest BCUT2D eigenvalue weighted by atomic mass is 10.0. The zero-order valence-corrected chi connectivity index (χ0v) is 9.13. The van der Waals surface area contributed by atoms with Gasteiger partial charge >= 0.3 is 0 Å². The first-order valence-electron chi connectivity index (χ1n) is 3.89. The molecule has 11 heavy (non-hydrogen) atoms. The van der Waals surface area contributed by atoms with Crippen LogP contribution in [0.5, 0.6) is 0 Å². The van der Waals surface area contributed by atoms with Gasteiger partial charge in [0.05, 0.1) is 0 Å². The second-order valence-corrected chi connectivity index (χ2v) is 3.80. The average molecular weight is 260 g/mol. The van der Waals surface area contributed by atoms with Crippen LogP contribution in [0.2, 0.25) is 0 Å². The smallest absolute Gasteiger partial charge is 0.0247 e. The van der Waals surface area contributed by atoms with E-state index in [1.807, 2.05) is 0 Å². The minimum absolute atomic E-state index is 0.651. The number of rotatable bonds is 2. The topological polar surface area (TPSA) is 0 Å². The van der Waals surface area contributed by atoms with Crippen LogP contribution in [0.25, 0.3) is 0 Å². The molecule has 0 aliphatic rings. The van der Waals surface area contributed by atoms with E-state index in [4.69, 9.17) is 0 Å². The standard InChI is InChI=1S/C10H13I/c1-8(2)10-5-3-4-9(6-10)7-11/h3-6,8H,7H2,1-2H3. The van der Waals surface area contributed by atoms with Gasteiger partial charge in [-0.05, 0) is 17.0 Å².